The number of nitrogens with zero attached hydrogens (tertiary/aromatic N) is 2. The SMILES string of the molecule is [C-]#[N+]C(C)(C)CC(C)(SC(=S)c1ccccc1)C(=O)NCCC[N+](C)(C)CCCS(C)(=O)=O. The second-order valence-corrected chi connectivity index (χ2v) is 14.5. The zero-order chi connectivity index (χ0) is 25.3. The van der Waals surface area contributed by atoms with Gasteiger partial charge in [-0.25, -0.2) is 15.0 Å². The van der Waals surface area contributed by atoms with Crippen LogP contribution >= 0.6 is 24.0 Å². The van der Waals surface area contributed by atoms with Gasteiger partial charge in [-0.3, -0.25) is 4.79 Å². The van der Waals surface area contributed by atoms with E-state index in [9.17, 15) is 13.2 Å². The van der Waals surface area contributed by atoms with E-state index in [1.54, 1.807) is 0 Å². The molecule has 0 aromatic heterocycles. The first-order valence-corrected chi connectivity index (χ1v) is 14.3. The Morgan fingerprint density at radius 1 is 1.15 bits per heavy atom. The van der Waals surface area contributed by atoms with Gasteiger partial charge < -0.3 is 14.6 Å². The van der Waals surface area contributed by atoms with Crippen molar-refractivity contribution in [2.24, 2.45) is 0 Å². The second kappa shape index (κ2) is 12.3. The molecule has 0 saturated carbocycles. The molecule has 1 amide bonds. The Morgan fingerprint density at radius 3 is 2.27 bits per heavy atom. The molecule has 1 aromatic carbocycles. The fourth-order valence-corrected chi connectivity index (χ4v) is 6.22. The van der Waals surface area contributed by atoms with Crippen LogP contribution in [0.5, 0.6) is 0 Å². The van der Waals surface area contributed by atoms with E-state index < -0.39 is 20.1 Å². The molecule has 1 aromatic rings. The van der Waals surface area contributed by atoms with Gasteiger partial charge in [0.1, 0.15) is 14.6 Å². The maximum absolute atomic E-state index is 13.3. The number of hydrogen-bond acceptors (Lipinski definition) is 5. The number of hydrogen-bond donors (Lipinski definition) is 1. The summed E-state index contributed by atoms with van der Waals surface area (Å²) in [4.78, 5) is 17.0. The summed E-state index contributed by atoms with van der Waals surface area (Å²) in [5, 5.41) is 3.05. The minimum Gasteiger partial charge on any atom is -0.355 e. The standard InChI is InChI=1S/C24H37N3O3S3/c1-23(2,25-4)19-24(3,32-21(31)20-13-9-8-10-14-20)22(28)26-15-11-16-27(5,6)17-12-18-33(7,29)30/h8-10,13-14H,11-12,15-19H2,1-3,5-7H3/p+1. The molecule has 0 aliphatic heterocycles. The molecule has 9 heteroatoms. The summed E-state index contributed by atoms with van der Waals surface area (Å²) >= 11 is 6.97. The molecule has 0 bridgehead atoms. The van der Waals surface area contributed by atoms with Crippen LogP contribution in [-0.2, 0) is 14.6 Å². The first-order chi connectivity index (χ1) is 15.1. The molecule has 0 aliphatic rings. The number of carbonyl (C=O) groups excluding carboxylic acids is 1. The summed E-state index contributed by atoms with van der Waals surface area (Å²) in [5.41, 5.74) is 0.203. The minimum atomic E-state index is -2.95. The molecule has 0 heterocycles. The van der Waals surface area contributed by atoms with Gasteiger partial charge >= 0.3 is 0 Å². The lowest BCUT2D eigenvalue weighted by molar-refractivity contribution is -0.890. The molecular weight excluding hydrogens is 474 g/mol. The fraction of sp³-hybridized carbons (Fsp3) is 0.625. The van der Waals surface area contributed by atoms with Crippen molar-refractivity contribution in [3.8, 4) is 0 Å². The Kier molecular flexibility index (Phi) is 11.0. The lowest BCUT2D eigenvalue weighted by atomic mass is 9.91. The van der Waals surface area contributed by atoms with E-state index in [1.165, 1.54) is 18.0 Å². The van der Waals surface area contributed by atoms with E-state index in [4.69, 9.17) is 18.8 Å². The van der Waals surface area contributed by atoms with Crippen molar-refractivity contribution in [2.45, 2.75) is 50.3 Å². The van der Waals surface area contributed by atoms with Crippen molar-refractivity contribution in [2.75, 3.05) is 45.7 Å². The number of nitrogens with one attached hydrogen (secondary N) is 1. The van der Waals surface area contributed by atoms with Gasteiger partial charge in [0.15, 0.2) is 0 Å². The van der Waals surface area contributed by atoms with Crippen LogP contribution in [0, 0.1) is 6.57 Å². The number of amides is 1. The van der Waals surface area contributed by atoms with E-state index in [-0.39, 0.29) is 11.7 Å². The molecule has 0 fully saturated rings. The Bertz CT molecular complexity index is 954. The van der Waals surface area contributed by atoms with Crippen molar-refractivity contribution in [1.82, 2.24) is 5.32 Å². The summed E-state index contributed by atoms with van der Waals surface area (Å²) in [5.74, 6) is 0.0731. The highest BCUT2D eigenvalue weighted by Crippen LogP contribution is 2.38. The smallest absolute Gasteiger partial charge is 0.236 e. The zero-order valence-corrected chi connectivity index (χ0v) is 23.1. The monoisotopic (exact) mass is 512 g/mol. The second-order valence-electron chi connectivity index (χ2n) is 10.1. The van der Waals surface area contributed by atoms with E-state index in [0.29, 0.717) is 28.1 Å². The number of benzene rings is 1. The molecule has 184 valence electrons. The van der Waals surface area contributed by atoms with Gasteiger partial charge in [0.2, 0.25) is 11.4 Å². The number of carbonyl (C=O) groups is 1. The molecule has 33 heavy (non-hydrogen) atoms. The normalized spacial score (nSPS) is 14.2. The minimum absolute atomic E-state index is 0.120. The highest BCUT2D eigenvalue weighted by Gasteiger charge is 2.43. The molecule has 0 aliphatic carbocycles. The third kappa shape index (κ3) is 11.5. The van der Waals surface area contributed by atoms with Crippen molar-refractivity contribution < 1.29 is 17.7 Å². The molecule has 1 N–H and O–H groups in total. The van der Waals surface area contributed by atoms with Crippen LogP contribution < -0.4 is 5.32 Å². The van der Waals surface area contributed by atoms with Crippen LogP contribution in [0.15, 0.2) is 30.3 Å². The van der Waals surface area contributed by atoms with Crippen molar-refractivity contribution in [3.05, 3.63) is 47.3 Å². The van der Waals surface area contributed by atoms with Gasteiger partial charge in [0.05, 0.1) is 37.1 Å². The lowest BCUT2D eigenvalue weighted by Gasteiger charge is -2.32. The number of thiocarbonyl (C=S) groups is 1. The highest BCUT2D eigenvalue weighted by molar-refractivity contribution is 8.25. The van der Waals surface area contributed by atoms with Crippen LogP contribution in [-0.4, -0.2) is 79.0 Å². The Morgan fingerprint density at radius 2 is 1.73 bits per heavy atom. The van der Waals surface area contributed by atoms with Crippen LogP contribution in [0.25, 0.3) is 4.85 Å². The average Bonchev–Trinajstić information content (AvgIpc) is 2.70. The molecule has 1 unspecified atom stereocenters. The number of rotatable bonds is 13. The van der Waals surface area contributed by atoms with Gasteiger partial charge in [-0.1, -0.05) is 54.3 Å². The van der Waals surface area contributed by atoms with Crippen LogP contribution in [0.2, 0.25) is 0 Å². The highest BCUT2D eigenvalue weighted by atomic mass is 32.2. The van der Waals surface area contributed by atoms with Gasteiger partial charge in [0.25, 0.3) is 0 Å². The Balaban J connectivity index is 2.74. The molecule has 0 radical (unpaired) electrons. The number of quaternary nitrogens is 1. The average molecular weight is 513 g/mol. The van der Waals surface area contributed by atoms with Gasteiger partial charge in [-0.05, 0) is 12.5 Å². The van der Waals surface area contributed by atoms with Gasteiger partial charge in [-0.2, -0.15) is 0 Å². The molecule has 1 rings (SSSR count). The Hall–Kier alpha value is -1.47. The van der Waals surface area contributed by atoms with Crippen LogP contribution in [0.1, 0.15) is 45.6 Å². The summed E-state index contributed by atoms with van der Waals surface area (Å²) < 4.78 is 23.2. The number of sulfone groups is 1. The maximum atomic E-state index is 13.3. The summed E-state index contributed by atoms with van der Waals surface area (Å²) in [7, 11) is 1.19. The molecule has 6 nitrogen and oxygen atoms in total. The summed E-state index contributed by atoms with van der Waals surface area (Å²) in [6.07, 6.45) is 3.03. The van der Waals surface area contributed by atoms with E-state index in [2.05, 4.69) is 24.3 Å². The third-order valence-electron chi connectivity index (χ3n) is 5.38. The molecular formula is C24H38N3O3S3+. The lowest BCUT2D eigenvalue weighted by Crippen LogP contribution is -2.48. The topological polar surface area (TPSA) is 67.6 Å². The summed E-state index contributed by atoms with van der Waals surface area (Å²) in [6, 6.07) is 9.61. The first-order valence-electron chi connectivity index (χ1n) is 11.0. The van der Waals surface area contributed by atoms with E-state index >= 15 is 0 Å². The van der Waals surface area contributed by atoms with Crippen LogP contribution in [0.3, 0.4) is 0 Å². The van der Waals surface area contributed by atoms with E-state index in [1.807, 2.05) is 51.1 Å². The fourth-order valence-electron chi connectivity index (χ4n) is 3.63. The predicted octanol–water partition coefficient (Wildman–Crippen LogP) is 3.96. The molecule has 0 spiro atoms. The van der Waals surface area contributed by atoms with Crippen molar-refractivity contribution >= 4 is 43.9 Å². The van der Waals surface area contributed by atoms with Crippen molar-refractivity contribution in [1.29, 1.82) is 0 Å². The quantitative estimate of drug-likeness (QED) is 0.188. The van der Waals surface area contributed by atoms with Gasteiger partial charge in [0, 0.05) is 45.9 Å². The summed E-state index contributed by atoms with van der Waals surface area (Å²) in [6.45, 7) is 15.2. The third-order valence-corrected chi connectivity index (χ3v) is 8.10. The van der Waals surface area contributed by atoms with Crippen LogP contribution in [0.4, 0.5) is 0 Å². The van der Waals surface area contributed by atoms with Crippen molar-refractivity contribution in [3.63, 3.8) is 0 Å². The largest absolute Gasteiger partial charge is 0.355 e. The Labute approximate surface area is 209 Å². The van der Waals surface area contributed by atoms with Gasteiger partial charge in [-0.15, -0.1) is 0 Å². The predicted molar refractivity (Wildman–Crippen MR) is 143 cm³/mol. The maximum Gasteiger partial charge on any atom is 0.236 e. The number of thioether (sulfide) groups is 1. The molecule has 0 saturated heterocycles. The first kappa shape index (κ1) is 29.6. The molecule has 1 atom stereocenters. The zero-order valence-electron chi connectivity index (χ0n) is 20.7. The van der Waals surface area contributed by atoms with E-state index in [0.717, 1.165) is 25.1 Å².